The second-order valence-electron chi connectivity index (χ2n) is 2.98. The highest BCUT2D eigenvalue weighted by Crippen LogP contribution is 2.29. The van der Waals surface area contributed by atoms with Crippen molar-refractivity contribution in [2.24, 2.45) is 0 Å². The van der Waals surface area contributed by atoms with Gasteiger partial charge in [0.05, 0.1) is 11.5 Å². The Hall–Kier alpha value is -1.17. The third-order valence-corrected chi connectivity index (χ3v) is 2.29. The molecule has 0 saturated heterocycles. The van der Waals surface area contributed by atoms with E-state index in [9.17, 15) is 8.78 Å². The third kappa shape index (κ3) is 3.77. The van der Waals surface area contributed by atoms with Crippen LogP contribution in [0.2, 0.25) is 0 Å². The molecule has 0 unspecified atom stereocenters. The number of benzene rings is 1. The molecule has 0 aromatic heterocycles. The highest BCUT2D eigenvalue weighted by molar-refractivity contribution is 9.10. The van der Waals surface area contributed by atoms with Gasteiger partial charge >= 0.3 is 6.61 Å². The van der Waals surface area contributed by atoms with Crippen molar-refractivity contribution in [2.75, 3.05) is 5.32 Å². The van der Waals surface area contributed by atoms with Crippen LogP contribution in [0.15, 0.2) is 22.7 Å². The van der Waals surface area contributed by atoms with Crippen LogP contribution in [0.3, 0.4) is 0 Å². The third-order valence-electron chi connectivity index (χ3n) is 1.80. The maximum absolute atomic E-state index is 12.1. The van der Waals surface area contributed by atoms with Crippen molar-refractivity contribution >= 4 is 27.5 Å². The van der Waals surface area contributed by atoms with E-state index in [4.69, 9.17) is 5.41 Å². The molecule has 0 fully saturated rings. The first kappa shape index (κ1) is 12.9. The van der Waals surface area contributed by atoms with Gasteiger partial charge in [0.2, 0.25) is 0 Å². The fourth-order valence-corrected chi connectivity index (χ4v) is 1.38. The molecule has 1 rings (SSSR count). The standard InChI is InChI=1S/C10H11BrF2N2O/c1-2-9(14)15-7-4-3-6(11)5-8(7)16-10(12)13/h3-5,10H,2H2,1H3,(H2,14,15). The largest absolute Gasteiger partial charge is 0.433 e. The SMILES string of the molecule is CCC(=N)Nc1ccc(Br)cc1OC(F)F. The molecule has 2 N–H and O–H groups in total. The van der Waals surface area contributed by atoms with Crippen molar-refractivity contribution in [3.05, 3.63) is 22.7 Å². The summed E-state index contributed by atoms with van der Waals surface area (Å²) in [5.74, 6) is 0.254. The highest BCUT2D eigenvalue weighted by Gasteiger charge is 2.10. The molecule has 6 heteroatoms. The summed E-state index contributed by atoms with van der Waals surface area (Å²) in [5, 5.41) is 10.1. The van der Waals surface area contributed by atoms with Gasteiger partial charge in [-0.25, -0.2) is 0 Å². The van der Waals surface area contributed by atoms with Crippen molar-refractivity contribution in [1.82, 2.24) is 0 Å². The zero-order valence-corrected chi connectivity index (χ0v) is 10.1. The van der Waals surface area contributed by atoms with Crippen LogP contribution in [0, 0.1) is 5.41 Å². The van der Waals surface area contributed by atoms with Gasteiger partial charge in [0.15, 0.2) is 5.75 Å². The molecule has 1 aromatic rings. The lowest BCUT2D eigenvalue weighted by Gasteiger charge is -2.12. The molecule has 1 aromatic carbocycles. The van der Waals surface area contributed by atoms with Gasteiger partial charge < -0.3 is 10.1 Å². The lowest BCUT2D eigenvalue weighted by atomic mass is 10.3. The molecular formula is C10H11BrF2N2O. The molecule has 0 spiro atoms. The van der Waals surface area contributed by atoms with Crippen LogP contribution in [0.4, 0.5) is 14.5 Å². The first-order valence-corrected chi connectivity index (χ1v) is 5.41. The van der Waals surface area contributed by atoms with E-state index in [-0.39, 0.29) is 11.6 Å². The first-order chi connectivity index (χ1) is 7.52. The number of halogens is 3. The summed E-state index contributed by atoms with van der Waals surface area (Å²) in [7, 11) is 0. The monoisotopic (exact) mass is 292 g/mol. The summed E-state index contributed by atoms with van der Waals surface area (Å²) < 4.78 is 29.3. The summed E-state index contributed by atoms with van der Waals surface area (Å²) in [5.41, 5.74) is 0.357. The van der Waals surface area contributed by atoms with Crippen LogP contribution in [-0.2, 0) is 0 Å². The van der Waals surface area contributed by atoms with Gasteiger partial charge in [-0.3, -0.25) is 5.41 Å². The highest BCUT2D eigenvalue weighted by atomic mass is 79.9. The number of alkyl halides is 2. The number of amidine groups is 1. The molecule has 16 heavy (non-hydrogen) atoms. The molecule has 88 valence electrons. The van der Waals surface area contributed by atoms with E-state index < -0.39 is 6.61 Å². The summed E-state index contributed by atoms with van der Waals surface area (Å²) in [6.07, 6.45) is 0.490. The van der Waals surface area contributed by atoms with Crippen LogP contribution >= 0.6 is 15.9 Å². The molecule has 0 bridgehead atoms. The van der Waals surface area contributed by atoms with Gasteiger partial charge in [-0.1, -0.05) is 22.9 Å². The van der Waals surface area contributed by atoms with E-state index >= 15 is 0 Å². The second-order valence-corrected chi connectivity index (χ2v) is 3.89. The molecule has 0 heterocycles. The summed E-state index contributed by atoms with van der Waals surface area (Å²) in [4.78, 5) is 0. The van der Waals surface area contributed by atoms with Gasteiger partial charge in [-0.15, -0.1) is 0 Å². The Morgan fingerprint density at radius 1 is 1.56 bits per heavy atom. The first-order valence-electron chi connectivity index (χ1n) is 4.61. The Balaban J connectivity index is 2.93. The molecular weight excluding hydrogens is 282 g/mol. The fourth-order valence-electron chi connectivity index (χ4n) is 1.04. The lowest BCUT2D eigenvalue weighted by Crippen LogP contribution is -2.11. The molecule has 0 aliphatic rings. The number of nitrogens with one attached hydrogen (secondary N) is 2. The maximum Gasteiger partial charge on any atom is 0.387 e. The molecule has 0 saturated carbocycles. The average molecular weight is 293 g/mol. The predicted molar refractivity (Wildman–Crippen MR) is 62.4 cm³/mol. The van der Waals surface area contributed by atoms with E-state index in [1.54, 1.807) is 19.1 Å². The number of hydrogen-bond acceptors (Lipinski definition) is 2. The minimum Gasteiger partial charge on any atom is -0.433 e. The van der Waals surface area contributed by atoms with Gasteiger partial charge in [0, 0.05) is 10.9 Å². The fraction of sp³-hybridized carbons (Fsp3) is 0.300. The topological polar surface area (TPSA) is 45.1 Å². The van der Waals surface area contributed by atoms with Gasteiger partial charge in [0.1, 0.15) is 0 Å². The van der Waals surface area contributed by atoms with E-state index in [0.29, 0.717) is 16.6 Å². The number of hydrogen-bond donors (Lipinski definition) is 2. The minimum absolute atomic E-state index is 0.0163. The molecule has 0 aliphatic carbocycles. The normalized spacial score (nSPS) is 10.3. The van der Waals surface area contributed by atoms with Crippen molar-refractivity contribution in [2.45, 2.75) is 20.0 Å². The maximum atomic E-state index is 12.1. The van der Waals surface area contributed by atoms with Crippen molar-refractivity contribution in [1.29, 1.82) is 5.41 Å². The van der Waals surface area contributed by atoms with Crippen LogP contribution in [0.5, 0.6) is 5.75 Å². The van der Waals surface area contributed by atoms with E-state index in [2.05, 4.69) is 26.0 Å². The van der Waals surface area contributed by atoms with E-state index in [1.807, 2.05) is 0 Å². The van der Waals surface area contributed by atoms with Gasteiger partial charge in [-0.2, -0.15) is 8.78 Å². The van der Waals surface area contributed by atoms with Crippen LogP contribution in [0.1, 0.15) is 13.3 Å². The zero-order valence-electron chi connectivity index (χ0n) is 8.56. The summed E-state index contributed by atoms with van der Waals surface area (Å²) in [6.45, 7) is -1.09. The molecule has 0 atom stereocenters. The minimum atomic E-state index is -2.88. The molecule has 0 aliphatic heterocycles. The number of anilines is 1. The van der Waals surface area contributed by atoms with E-state index in [1.165, 1.54) is 6.07 Å². The summed E-state index contributed by atoms with van der Waals surface area (Å²) >= 11 is 3.16. The Morgan fingerprint density at radius 3 is 2.81 bits per heavy atom. The quantitative estimate of drug-likeness (QED) is 0.654. The van der Waals surface area contributed by atoms with Crippen molar-refractivity contribution in [3.63, 3.8) is 0 Å². The Kier molecular flexibility index (Phi) is 4.67. The Labute approximate surface area is 100 Å². The second kappa shape index (κ2) is 5.79. The Morgan fingerprint density at radius 2 is 2.25 bits per heavy atom. The number of ether oxygens (including phenoxy) is 1. The van der Waals surface area contributed by atoms with Gasteiger partial charge in [0.25, 0.3) is 0 Å². The smallest absolute Gasteiger partial charge is 0.387 e. The van der Waals surface area contributed by atoms with Crippen LogP contribution in [-0.4, -0.2) is 12.4 Å². The molecule has 0 amide bonds. The predicted octanol–water partition coefficient (Wildman–Crippen LogP) is 3.85. The van der Waals surface area contributed by atoms with Crippen molar-refractivity contribution in [3.8, 4) is 5.75 Å². The van der Waals surface area contributed by atoms with Crippen LogP contribution < -0.4 is 10.1 Å². The Bertz CT molecular complexity index is 385. The van der Waals surface area contributed by atoms with E-state index in [0.717, 1.165) is 0 Å². The van der Waals surface area contributed by atoms with Crippen LogP contribution in [0.25, 0.3) is 0 Å². The molecule has 0 radical (unpaired) electrons. The van der Waals surface area contributed by atoms with Crippen molar-refractivity contribution < 1.29 is 13.5 Å². The lowest BCUT2D eigenvalue weighted by molar-refractivity contribution is -0.0493. The number of rotatable bonds is 4. The average Bonchev–Trinajstić information content (AvgIpc) is 2.21. The molecule has 3 nitrogen and oxygen atoms in total. The summed E-state index contributed by atoms with van der Waals surface area (Å²) in [6, 6.07) is 4.69. The zero-order chi connectivity index (χ0) is 12.1. The van der Waals surface area contributed by atoms with Gasteiger partial charge in [-0.05, 0) is 18.2 Å².